The Morgan fingerprint density at radius 2 is 2.05 bits per heavy atom. The van der Waals surface area contributed by atoms with E-state index >= 15 is 0 Å². The van der Waals surface area contributed by atoms with Crippen LogP contribution >= 0.6 is 11.8 Å². The van der Waals surface area contributed by atoms with Crippen LogP contribution in [0.3, 0.4) is 0 Å². The molecule has 20 heavy (non-hydrogen) atoms. The molecule has 2 aromatic rings. The van der Waals surface area contributed by atoms with Gasteiger partial charge in [0.15, 0.2) is 0 Å². The first-order valence-electron chi connectivity index (χ1n) is 5.99. The number of hydrogen-bond donors (Lipinski definition) is 0. The summed E-state index contributed by atoms with van der Waals surface area (Å²) in [6.45, 7) is 0. The van der Waals surface area contributed by atoms with E-state index in [4.69, 9.17) is 4.74 Å². The minimum Gasteiger partial charge on any atom is -0.497 e. The van der Waals surface area contributed by atoms with Crippen molar-refractivity contribution in [2.45, 2.75) is 10.9 Å². The van der Waals surface area contributed by atoms with Crippen molar-refractivity contribution >= 4 is 17.8 Å². The molecule has 106 valence electrons. The number of rotatable bonds is 4. The number of aromatic nitrogens is 3. The summed E-state index contributed by atoms with van der Waals surface area (Å²) in [6, 6.07) is 7.60. The largest absolute Gasteiger partial charge is 0.497 e. The standard InChI is InChI=1S/C13H16N4O2S/c1-16(2)13(18)17-9-14-12(15-17)20-8-10-4-6-11(19-3)7-5-10/h4-7,9H,8H2,1-3H3. The van der Waals surface area contributed by atoms with Gasteiger partial charge in [0.2, 0.25) is 5.16 Å². The first-order valence-corrected chi connectivity index (χ1v) is 6.98. The van der Waals surface area contributed by atoms with Gasteiger partial charge in [-0.3, -0.25) is 0 Å². The van der Waals surface area contributed by atoms with Crippen molar-refractivity contribution in [1.29, 1.82) is 0 Å². The summed E-state index contributed by atoms with van der Waals surface area (Å²) in [5.74, 6) is 1.57. The van der Waals surface area contributed by atoms with Crippen LogP contribution in [0.25, 0.3) is 0 Å². The van der Waals surface area contributed by atoms with Gasteiger partial charge in [0.25, 0.3) is 0 Å². The first kappa shape index (κ1) is 14.4. The molecule has 1 aromatic heterocycles. The van der Waals surface area contributed by atoms with E-state index in [2.05, 4.69) is 10.1 Å². The van der Waals surface area contributed by atoms with Crippen LogP contribution in [-0.2, 0) is 5.75 Å². The normalized spacial score (nSPS) is 10.3. The van der Waals surface area contributed by atoms with E-state index in [1.165, 1.54) is 27.7 Å². The number of nitrogens with zero attached hydrogens (tertiary/aromatic N) is 4. The summed E-state index contributed by atoms with van der Waals surface area (Å²) in [7, 11) is 4.99. The highest BCUT2D eigenvalue weighted by atomic mass is 32.2. The summed E-state index contributed by atoms with van der Waals surface area (Å²) < 4.78 is 6.34. The van der Waals surface area contributed by atoms with E-state index in [-0.39, 0.29) is 6.03 Å². The van der Waals surface area contributed by atoms with E-state index in [1.54, 1.807) is 21.2 Å². The Labute approximate surface area is 121 Å². The molecule has 7 heteroatoms. The molecule has 0 radical (unpaired) electrons. The zero-order chi connectivity index (χ0) is 14.5. The highest BCUT2D eigenvalue weighted by molar-refractivity contribution is 7.98. The fourth-order valence-corrected chi connectivity index (χ4v) is 2.24. The summed E-state index contributed by atoms with van der Waals surface area (Å²) in [6.07, 6.45) is 1.43. The van der Waals surface area contributed by atoms with Gasteiger partial charge >= 0.3 is 6.03 Å². The maximum absolute atomic E-state index is 11.7. The summed E-state index contributed by atoms with van der Waals surface area (Å²) in [5, 5.41) is 4.71. The first-order chi connectivity index (χ1) is 9.60. The molecule has 1 amide bonds. The van der Waals surface area contributed by atoms with Crippen molar-refractivity contribution < 1.29 is 9.53 Å². The maximum atomic E-state index is 11.7. The molecule has 1 aromatic carbocycles. The van der Waals surface area contributed by atoms with Crippen LogP contribution in [0.4, 0.5) is 4.79 Å². The Balaban J connectivity index is 1.95. The molecule has 2 rings (SSSR count). The third-order valence-corrected chi connectivity index (χ3v) is 3.50. The number of carbonyl (C=O) groups is 1. The van der Waals surface area contributed by atoms with Crippen molar-refractivity contribution in [2.24, 2.45) is 0 Å². The Hall–Kier alpha value is -2.02. The lowest BCUT2D eigenvalue weighted by Gasteiger charge is -2.07. The maximum Gasteiger partial charge on any atom is 0.345 e. The van der Waals surface area contributed by atoms with E-state index < -0.39 is 0 Å². The van der Waals surface area contributed by atoms with E-state index in [9.17, 15) is 4.79 Å². The SMILES string of the molecule is COc1ccc(CSc2ncn(C(=O)N(C)C)n2)cc1. The van der Waals surface area contributed by atoms with Gasteiger partial charge in [-0.2, -0.15) is 4.68 Å². The zero-order valence-electron chi connectivity index (χ0n) is 11.6. The zero-order valence-corrected chi connectivity index (χ0v) is 12.4. The van der Waals surface area contributed by atoms with Crippen LogP contribution in [0.15, 0.2) is 35.7 Å². The van der Waals surface area contributed by atoms with Gasteiger partial charge in [0.1, 0.15) is 12.1 Å². The molecule has 1 heterocycles. The lowest BCUT2D eigenvalue weighted by Crippen LogP contribution is -2.27. The average Bonchev–Trinajstić information content (AvgIpc) is 2.93. The van der Waals surface area contributed by atoms with Crippen LogP contribution in [0.2, 0.25) is 0 Å². The number of benzene rings is 1. The van der Waals surface area contributed by atoms with Gasteiger partial charge in [-0.1, -0.05) is 23.9 Å². The number of thioether (sulfide) groups is 1. The number of hydrogen-bond acceptors (Lipinski definition) is 5. The Morgan fingerprint density at radius 1 is 1.35 bits per heavy atom. The predicted octanol–water partition coefficient (Wildman–Crippen LogP) is 2.11. The Morgan fingerprint density at radius 3 is 2.65 bits per heavy atom. The number of methoxy groups -OCH3 is 1. The molecule has 0 aliphatic heterocycles. The van der Waals surface area contributed by atoms with Crippen LogP contribution in [-0.4, -0.2) is 46.9 Å². The predicted molar refractivity (Wildman–Crippen MR) is 77.1 cm³/mol. The lowest BCUT2D eigenvalue weighted by atomic mass is 10.2. The second-order valence-corrected chi connectivity index (χ2v) is 5.23. The molecule has 0 unspecified atom stereocenters. The number of carbonyl (C=O) groups excluding carboxylic acids is 1. The molecule has 0 saturated heterocycles. The summed E-state index contributed by atoms with van der Waals surface area (Å²) in [5.41, 5.74) is 1.14. The Kier molecular flexibility index (Phi) is 4.62. The van der Waals surface area contributed by atoms with Crippen LogP contribution in [0, 0.1) is 0 Å². The monoisotopic (exact) mass is 292 g/mol. The molecule has 0 aliphatic carbocycles. The minimum atomic E-state index is -0.214. The van der Waals surface area contributed by atoms with Crippen LogP contribution < -0.4 is 4.74 Å². The van der Waals surface area contributed by atoms with Crippen LogP contribution in [0.5, 0.6) is 5.75 Å². The van der Waals surface area contributed by atoms with Gasteiger partial charge < -0.3 is 9.64 Å². The molecule has 6 nitrogen and oxygen atoms in total. The van der Waals surface area contributed by atoms with Gasteiger partial charge in [-0.15, -0.1) is 5.10 Å². The van der Waals surface area contributed by atoms with Gasteiger partial charge in [-0.05, 0) is 17.7 Å². The van der Waals surface area contributed by atoms with Crippen molar-refractivity contribution in [1.82, 2.24) is 19.7 Å². The van der Waals surface area contributed by atoms with E-state index in [0.29, 0.717) is 5.16 Å². The topological polar surface area (TPSA) is 60.3 Å². The highest BCUT2D eigenvalue weighted by Crippen LogP contribution is 2.20. The molecule has 0 atom stereocenters. The van der Waals surface area contributed by atoms with Crippen molar-refractivity contribution in [3.05, 3.63) is 36.2 Å². The van der Waals surface area contributed by atoms with Gasteiger partial charge in [0.05, 0.1) is 7.11 Å². The van der Waals surface area contributed by atoms with Gasteiger partial charge in [-0.25, -0.2) is 9.78 Å². The fourth-order valence-electron chi connectivity index (χ4n) is 1.48. The molecule has 0 aliphatic rings. The molecule has 0 N–H and O–H groups in total. The second kappa shape index (κ2) is 6.42. The van der Waals surface area contributed by atoms with E-state index in [1.807, 2.05) is 24.3 Å². The molecule has 0 saturated carbocycles. The molecular formula is C13H16N4O2S. The molecule has 0 spiro atoms. The summed E-state index contributed by atoms with van der Waals surface area (Å²) >= 11 is 1.48. The molecular weight excluding hydrogens is 276 g/mol. The third-order valence-electron chi connectivity index (χ3n) is 2.58. The van der Waals surface area contributed by atoms with Gasteiger partial charge in [0, 0.05) is 19.8 Å². The highest BCUT2D eigenvalue weighted by Gasteiger charge is 2.10. The average molecular weight is 292 g/mol. The van der Waals surface area contributed by atoms with Crippen LogP contribution in [0.1, 0.15) is 5.56 Å². The number of amides is 1. The summed E-state index contributed by atoms with van der Waals surface area (Å²) in [4.78, 5) is 17.2. The second-order valence-electron chi connectivity index (χ2n) is 4.29. The molecule has 0 bridgehead atoms. The van der Waals surface area contributed by atoms with Crippen molar-refractivity contribution in [3.63, 3.8) is 0 Å². The molecule has 0 fully saturated rings. The fraction of sp³-hybridized carbons (Fsp3) is 0.308. The smallest absolute Gasteiger partial charge is 0.345 e. The third kappa shape index (κ3) is 3.51. The lowest BCUT2D eigenvalue weighted by molar-refractivity contribution is 0.215. The Bertz CT molecular complexity index is 580. The number of ether oxygens (including phenoxy) is 1. The van der Waals surface area contributed by atoms with E-state index in [0.717, 1.165) is 17.1 Å². The quantitative estimate of drug-likeness (QED) is 0.808. The minimum absolute atomic E-state index is 0.214. The van der Waals surface area contributed by atoms with Crippen molar-refractivity contribution in [3.8, 4) is 5.75 Å². The van der Waals surface area contributed by atoms with Crippen molar-refractivity contribution in [2.75, 3.05) is 21.2 Å².